The fourth-order valence-electron chi connectivity index (χ4n) is 4.71. The number of nitrogens with one attached hydrogen (secondary N) is 1. The third-order valence-electron chi connectivity index (χ3n) is 6.66. The van der Waals surface area contributed by atoms with Crippen LogP contribution in [-0.4, -0.2) is 39.8 Å². The van der Waals surface area contributed by atoms with Crippen LogP contribution in [0.4, 0.5) is 5.69 Å². The molecule has 0 radical (unpaired) electrons. The summed E-state index contributed by atoms with van der Waals surface area (Å²) in [7, 11) is 0. The number of aromatic hydroxyl groups is 1. The maximum atomic E-state index is 12.2. The summed E-state index contributed by atoms with van der Waals surface area (Å²) in [5.74, 6) is -1.37. The normalized spacial score (nSPS) is 20.5. The monoisotopic (exact) mass is 397 g/mol. The maximum Gasteiger partial charge on any atom is 0.345 e. The number of hydrogen-bond acceptors (Lipinski definition) is 5. The Morgan fingerprint density at radius 2 is 2.00 bits per heavy atom. The van der Waals surface area contributed by atoms with Crippen LogP contribution >= 0.6 is 0 Å². The number of anilines is 1. The standard InChI is InChI=1S/C22H27N3O4/c1-2-16-18(24-20(27)17(19(16)26)21(28)29)13-4-6-15(7-5-13)25-11-8-14(12-25)22(23)9-3-10-22/h4-7,14H,2-3,8-12,23H2,1H3,(H,28,29)(H2,24,26,27). The number of pyridine rings is 1. The summed E-state index contributed by atoms with van der Waals surface area (Å²) in [6, 6.07) is 7.80. The van der Waals surface area contributed by atoms with Crippen LogP contribution in [0.1, 0.15) is 48.5 Å². The molecule has 4 rings (SSSR count). The molecule has 1 atom stereocenters. The molecule has 29 heavy (non-hydrogen) atoms. The average molecular weight is 397 g/mol. The molecule has 7 nitrogen and oxygen atoms in total. The maximum absolute atomic E-state index is 12.2. The Bertz CT molecular complexity index is 992. The minimum Gasteiger partial charge on any atom is -0.506 e. The number of aromatic carboxylic acids is 1. The van der Waals surface area contributed by atoms with E-state index in [-0.39, 0.29) is 5.54 Å². The van der Waals surface area contributed by atoms with E-state index in [1.54, 1.807) is 0 Å². The Morgan fingerprint density at radius 1 is 1.31 bits per heavy atom. The molecule has 1 unspecified atom stereocenters. The first-order valence-corrected chi connectivity index (χ1v) is 10.2. The number of carboxylic acids is 1. The highest BCUT2D eigenvalue weighted by Crippen LogP contribution is 2.41. The van der Waals surface area contributed by atoms with E-state index in [9.17, 15) is 19.8 Å². The molecule has 1 aromatic carbocycles. The summed E-state index contributed by atoms with van der Waals surface area (Å²) in [5, 5.41) is 19.5. The Kier molecular flexibility index (Phi) is 4.86. The molecule has 2 heterocycles. The van der Waals surface area contributed by atoms with Gasteiger partial charge in [0.05, 0.1) is 5.69 Å². The van der Waals surface area contributed by atoms with Crippen molar-refractivity contribution >= 4 is 11.7 Å². The van der Waals surface area contributed by atoms with Gasteiger partial charge in [-0.05, 0) is 55.7 Å². The quantitative estimate of drug-likeness (QED) is 0.616. The van der Waals surface area contributed by atoms with Crippen LogP contribution in [0, 0.1) is 5.92 Å². The van der Waals surface area contributed by atoms with Crippen molar-refractivity contribution in [2.75, 3.05) is 18.0 Å². The van der Waals surface area contributed by atoms with Gasteiger partial charge < -0.3 is 25.8 Å². The lowest BCUT2D eigenvalue weighted by molar-refractivity contribution is 0.0691. The van der Waals surface area contributed by atoms with Crippen LogP contribution in [0.2, 0.25) is 0 Å². The summed E-state index contributed by atoms with van der Waals surface area (Å²) < 4.78 is 0. The molecule has 154 valence electrons. The van der Waals surface area contributed by atoms with E-state index in [4.69, 9.17) is 5.73 Å². The highest BCUT2D eigenvalue weighted by atomic mass is 16.4. The Labute approximate surface area is 169 Å². The SMILES string of the molecule is CCc1c(-c2ccc(N3CCC(C4(N)CCC4)C3)cc2)[nH]c(=O)c(C(=O)O)c1O. The zero-order valence-corrected chi connectivity index (χ0v) is 16.6. The van der Waals surface area contributed by atoms with Crippen LogP contribution in [0.3, 0.4) is 0 Å². The van der Waals surface area contributed by atoms with Gasteiger partial charge >= 0.3 is 5.97 Å². The number of aromatic amines is 1. The number of hydrogen-bond donors (Lipinski definition) is 4. The third kappa shape index (κ3) is 3.29. The molecule has 0 spiro atoms. The van der Waals surface area contributed by atoms with Crippen LogP contribution in [0.25, 0.3) is 11.3 Å². The fourth-order valence-corrected chi connectivity index (χ4v) is 4.71. The molecule has 2 fully saturated rings. The van der Waals surface area contributed by atoms with Crippen LogP contribution < -0.4 is 16.2 Å². The first-order valence-electron chi connectivity index (χ1n) is 10.2. The van der Waals surface area contributed by atoms with Crippen molar-refractivity contribution in [1.82, 2.24) is 4.98 Å². The van der Waals surface area contributed by atoms with Crippen molar-refractivity contribution in [3.63, 3.8) is 0 Å². The number of nitrogens with two attached hydrogens (primary N) is 1. The molecular formula is C22H27N3O4. The Hall–Kier alpha value is -2.80. The molecular weight excluding hydrogens is 370 g/mol. The lowest BCUT2D eigenvalue weighted by Crippen LogP contribution is -2.53. The van der Waals surface area contributed by atoms with Gasteiger partial charge in [0.15, 0.2) is 5.56 Å². The van der Waals surface area contributed by atoms with Crippen molar-refractivity contribution in [2.24, 2.45) is 11.7 Å². The number of benzene rings is 1. The molecule has 1 saturated carbocycles. The zero-order chi connectivity index (χ0) is 20.8. The molecule has 0 bridgehead atoms. The molecule has 1 aliphatic carbocycles. The van der Waals surface area contributed by atoms with Crippen molar-refractivity contribution in [1.29, 1.82) is 0 Å². The van der Waals surface area contributed by atoms with Gasteiger partial charge in [0, 0.05) is 29.9 Å². The van der Waals surface area contributed by atoms with Gasteiger partial charge in [0.1, 0.15) is 5.75 Å². The predicted octanol–water partition coefficient (Wildman–Crippen LogP) is 2.72. The van der Waals surface area contributed by atoms with Crippen LogP contribution in [0.5, 0.6) is 5.75 Å². The van der Waals surface area contributed by atoms with Crippen molar-refractivity contribution in [3.05, 3.63) is 45.7 Å². The summed E-state index contributed by atoms with van der Waals surface area (Å²) >= 11 is 0. The van der Waals surface area contributed by atoms with Gasteiger partial charge in [-0.2, -0.15) is 0 Å². The second kappa shape index (κ2) is 7.22. The van der Waals surface area contributed by atoms with E-state index in [1.165, 1.54) is 6.42 Å². The molecule has 1 aliphatic heterocycles. The average Bonchev–Trinajstić information content (AvgIpc) is 3.16. The van der Waals surface area contributed by atoms with E-state index >= 15 is 0 Å². The van der Waals surface area contributed by atoms with Gasteiger partial charge in [-0.3, -0.25) is 4.79 Å². The lowest BCUT2D eigenvalue weighted by atomic mass is 9.68. The van der Waals surface area contributed by atoms with Crippen molar-refractivity contribution in [3.8, 4) is 17.0 Å². The smallest absolute Gasteiger partial charge is 0.345 e. The highest BCUT2D eigenvalue weighted by molar-refractivity contribution is 5.92. The van der Waals surface area contributed by atoms with Crippen molar-refractivity contribution < 1.29 is 15.0 Å². The molecule has 7 heteroatoms. The predicted molar refractivity (Wildman–Crippen MR) is 112 cm³/mol. The summed E-state index contributed by atoms with van der Waals surface area (Å²) in [6.45, 7) is 3.75. The van der Waals surface area contributed by atoms with Crippen LogP contribution in [-0.2, 0) is 6.42 Å². The molecule has 5 N–H and O–H groups in total. The topological polar surface area (TPSA) is 120 Å². The largest absolute Gasteiger partial charge is 0.506 e. The Balaban J connectivity index is 1.60. The number of aromatic nitrogens is 1. The number of rotatable bonds is 5. The first-order chi connectivity index (χ1) is 13.8. The second-order valence-corrected chi connectivity index (χ2v) is 8.26. The fraction of sp³-hybridized carbons (Fsp3) is 0.455. The van der Waals surface area contributed by atoms with E-state index < -0.39 is 22.8 Å². The van der Waals surface area contributed by atoms with Gasteiger partial charge in [-0.1, -0.05) is 19.1 Å². The number of carbonyl (C=O) groups is 1. The zero-order valence-electron chi connectivity index (χ0n) is 16.6. The van der Waals surface area contributed by atoms with Gasteiger partial charge in [-0.15, -0.1) is 0 Å². The highest BCUT2D eigenvalue weighted by Gasteiger charge is 2.43. The van der Waals surface area contributed by atoms with Crippen molar-refractivity contribution in [2.45, 2.75) is 44.6 Å². The third-order valence-corrected chi connectivity index (χ3v) is 6.66. The second-order valence-electron chi connectivity index (χ2n) is 8.26. The number of nitrogens with zero attached hydrogens (tertiary/aromatic N) is 1. The summed E-state index contributed by atoms with van der Waals surface area (Å²) in [6.07, 6.45) is 4.97. The molecule has 2 aliphatic rings. The minimum atomic E-state index is -1.44. The van der Waals surface area contributed by atoms with Gasteiger partial charge in [0.2, 0.25) is 0 Å². The molecule has 1 saturated heterocycles. The molecule has 1 aromatic heterocycles. The van der Waals surface area contributed by atoms with Gasteiger partial charge in [0.25, 0.3) is 5.56 Å². The van der Waals surface area contributed by atoms with E-state index in [0.717, 1.165) is 43.6 Å². The number of H-pyrrole nitrogens is 1. The van der Waals surface area contributed by atoms with E-state index in [1.807, 2.05) is 31.2 Å². The first kappa shape index (κ1) is 19.5. The minimum absolute atomic E-state index is 0.00756. The van der Waals surface area contributed by atoms with Crippen LogP contribution in [0.15, 0.2) is 29.1 Å². The molecule has 0 amide bonds. The Morgan fingerprint density at radius 3 is 2.55 bits per heavy atom. The van der Waals surface area contributed by atoms with E-state index in [0.29, 0.717) is 23.6 Å². The molecule has 2 aromatic rings. The van der Waals surface area contributed by atoms with E-state index in [2.05, 4.69) is 9.88 Å². The summed E-state index contributed by atoms with van der Waals surface area (Å²) in [4.78, 5) is 28.4. The summed E-state index contributed by atoms with van der Waals surface area (Å²) in [5.41, 5.74) is 7.83. The van der Waals surface area contributed by atoms with Gasteiger partial charge in [-0.25, -0.2) is 4.79 Å². The lowest BCUT2D eigenvalue weighted by Gasteiger charge is -2.43. The number of carboxylic acid groups (broad SMARTS) is 1.